The average Bonchev–Trinajstić information content (AvgIpc) is 2.28. The van der Waals surface area contributed by atoms with Crippen LogP contribution < -0.4 is 5.32 Å². The Morgan fingerprint density at radius 3 is 2.65 bits per heavy atom. The molecule has 17 heavy (non-hydrogen) atoms. The van der Waals surface area contributed by atoms with Gasteiger partial charge < -0.3 is 15.5 Å². The van der Waals surface area contributed by atoms with Crippen molar-refractivity contribution in [3.63, 3.8) is 0 Å². The molecular formula is C11H16N2O4. The van der Waals surface area contributed by atoms with Crippen molar-refractivity contribution >= 4 is 5.69 Å². The lowest BCUT2D eigenvalue weighted by Gasteiger charge is -2.19. The highest BCUT2D eigenvalue weighted by atomic mass is 16.6. The van der Waals surface area contributed by atoms with E-state index in [0.717, 1.165) is 0 Å². The molecule has 94 valence electrons. The maximum Gasteiger partial charge on any atom is 0.272 e. The summed E-state index contributed by atoms with van der Waals surface area (Å²) in [6.07, 6.45) is -2.14. The number of hydrogen-bond acceptors (Lipinski definition) is 5. The van der Waals surface area contributed by atoms with Crippen LogP contribution in [0.3, 0.4) is 0 Å². The number of aliphatic hydroxyl groups excluding tert-OH is 2. The van der Waals surface area contributed by atoms with Crippen LogP contribution in [0.15, 0.2) is 18.2 Å². The number of aliphatic hydroxyl groups is 2. The third kappa shape index (κ3) is 3.00. The van der Waals surface area contributed by atoms with E-state index in [1.807, 2.05) is 0 Å². The number of hydrogen-bond donors (Lipinski definition) is 3. The van der Waals surface area contributed by atoms with Crippen LogP contribution in [-0.4, -0.2) is 34.8 Å². The molecule has 0 saturated carbocycles. The van der Waals surface area contributed by atoms with Crippen molar-refractivity contribution in [3.8, 4) is 0 Å². The maximum atomic E-state index is 10.7. The second-order valence-corrected chi connectivity index (χ2v) is 3.82. The molecule has 0 spiro atoms. The summed E-state index contributed by atoms with van der Waals surface area (Å²) in [6.45, 7) is 1.77. The Bertz CT molecular complexity index is 408. The van der Waals surface area contributed by atoms with Crippen LogP contribution in [0.5, 0.6) is 0 Å². The Balaban J connectivity index is 3.06. The lowest BCUT2D eigenvalue weighted by molar-refractivity contribution is -0.385. The molecule has 2 unspecified atom stereocenters. The van der Waals surface area contributed by atoms with E-state index in [1.165, 1.54) is 12.1 Å². The van der Waals surface area contributed by atoms with Crippen molar-refractivity contribution in [3.05, 3.63) is 39.4 Å². The molecular weight excluding hydrogens is 224 g/mol. The van der Waals surface area contributed by atoms with Gasteiger partial charge in [0.15, 0.2) is 0 Å². The minimum atomic E-state index is -1.14. The quantitative estimate of drug-likeness (QED) is 0.515. The number of nitrogens with zero attached hydrogens (tertiary/aromatic N) is 1. The third-order valence-corrected chi connectivity index (χ3v) is 2.64. The highest BCUT2D eigenvalue weighted by Gasteiger charge is 2.23. The van der Waals surface area contributed by atoms with Gasteiger partial charge in [-0.1, -0.05) is 12.1 Å². The van der Waals surface area contributed by atoms with Crippen LogP contribution in [-0.2, 0) is 0 Å². The zero-order valence-corrected chi connectivity index (χ0v) is 9.75. The number of benzene rings is 1. The van der Waals surface area contributed by atoms with E-state index in [2.05, 4.69) is 5.32 Å². The van der Waals surface area contributed by atoms with Gasteiger partial charge in [-0.25, -0.2) is 0 Å². The number of nitrogens with one attached hydrogen (secondary N) is 1. The van der Waals surface area contributed by atoms with Crippen LogP contribution in [0.1, 0.15) is 17.2 Å². The summed E-state index contributed by atoms with van der Waals surface area (Å²) >= 11 is 0. The van der Waals surface area contributed by atoms with Crippen molar-refractivity contribution in [1.29, 1.82) is 0 Å². The van der Waals surface area contributed by atoms with Crippen LogP contribution in [0.4, 0.5) is 5.69 Å². The standard InChI is InChI=1S/C11H16N2O4/c1-7-8(11(15)10(14)6-12-2)4-3-5-9(7)13(16)17/h3-5,10-12,14-15H,6H2,1-2H3. The predicted octanol–water partition coefficient (Wildman–Crippen LogP) is 0.517. The molecule has 1 aromatic carbocycles. The van der Waals surface area contributed by atoms with Crippen LogP contribution in [0.2, 0.25) is 0 Å². The molecule has 0 radical (unpaired) electrons. The highest BCUT2D eigenvalue weighted by molar-refractivity contribution is 5.45. The van der Waals surface area contributed by atoms with Crippen LogP contribution >= 0.6 is 0 Å². The van der Waals surface area contributed by atoms with Gasteiger partial charge in [-0.2, -0.15) is 0 Å². The fourth-order valence-corrected chi connectivity index (χ4v) is 1.69. The Morgan fingerprint density at radius 1 is 1.47 bits per heavy atom. The summed E-state index contributed by atoms with van der Waals surface area (Å²) in [5.41, 5.74) is 0.695. The largest absolute Gasteiger partial charge is 0.389 e. The highest BCUT2D eigenvalue weighted by Crippen LogP contribution is 2.27. The van der Waals surface area contributed by atoms with Gasteiger partial charge in [-0.15, -0.1) is 0 Å². The molecule has 1 rings (SSSR count). The molecule has 3 N–H and O–H groups in total. The van der Waals surface area contributed by atoms with Gasteiger partial charge in [0.1, 0.15) is 6.10 Å². The second-order valence-electron chi connectivity index (χ2n) is 3.82. The van der Waals surface area contributed by atoms with E-state index < -0.39 is 17.1 Å². The summed E-state index contributed by atoms with van der Waals surface area (Å²) in [5.74, 6) is 0. The summed E-state index contributed by atoms with van der Waals surface area (Å²) in [5, 5.41) is 33.0. The number of nitro groups is 1. The third-order valence-electron chi connectivity index (χ3n) is 2.64. The summed E-state index contributed by atoms with van der Waals surface area (Å²) in [4.78, 5) is 10.2. The van der Waals surface area contributed by atoms with Crippen LogP contribution in [0.25, 0.3) is 0 Å². The van der Waals surface area contributed by atoms with Crippen molar-refractivity contribution in [2.75, 3.05) is 13.6 Å². The summed E-state index contributed by atoms with van der Waals surface area (Å²) < 4.78 is 0. The predicted molar refractivity (Wildman–Crippen MR) is 62.7 cm³/mol. The molecule has 2 atom stereocenters. The molecule has 0 aliphatic rings. The van der Waals surface area contributed by atoms with E-state index in [1.54, 1.807) is 20.0 Å². The molecule has 0 heterocycles. The molecule has 0 bridgehead atoms. The number of rotatable bonds is 5. The fraction of sp³-hybridized carbons (Fsp3) is 0.455. The topological polar surface area (TPSA) is 95.6 Å². The Labute approximate surface area is 99.0 Å². The zero-order chi connectivity index (χ0) is 13.0. The maximum absolute atomic E-state index is 10.7. The van der Waals surface area contributed by atoms with Gasteiger partial charge in [0.25, 0.3) is 5.69 Å². The zero-order valence-electron chi connectivity index (χ0n) is 9.75. The Hall–Kier alpha value is -1.50. The van der Waals surface area contributed by atoms with Crippen molar-refractivity contribution in [2.24, 2.45) is 0 Å². The van der Waals surface area contributed by atoms with E-state index in [0.29, 0.717) is 11.1 Å². The fourth-order valence-electron chi connectivity index (χ4n) is 1.69. The summed E-state index contributed by atoms with van der Waals surface area (Å²) in [7, 11) is 1.65. The molecule has 6 heteroatoms. The molecule has 0 aliphatic heterocycles. The normalized spacial score (nSPS) is 14.4. The number of likely N-dealkylation sites (N-methyl/N-ethyl adjacent to an activating group) is 1. The molecule has 0 fully saturated rings. The first-order chi connectivity index (χ1) is 7.99. The van der Waals surface area contributed by atoms with Gasteiger partial charge in [0.2, 0.25) is 0 Å². The van der Waals surface area contributed by atoms with Crippen LogP contribution in [0, 0.1) is 17.0 Å². The number of nitro benzene ring substituents is 1. The second kappa shape index (κ2) is 5.72. The molecule has 0 aromatic heterocycles. The van der Waals surface area contributed by atoms with Gasteiger partial charge in [0, 0.05) is 18.2 Å². The molecule has 0 aliphatic carbocycles. The van der Waals surface area contributed by atoms with Crippen molar-refractivity contribution in [2.45, 2.75) is 19.1 Å². The van der Waals surface area contributed by atoms with E-state index >= 15 is 0 Å². The minimum absolute atomic E-state index is 0.0572. The molecule has 0 saturated heterocycles. The molecule has 6 nitrogen and oxygen atoms in total. The van der Waals surface area contributed by atoms with E-state index in [9.17, 15) is 20.3 Å². The first-order valence-electron chi connectivity index (χ1n) is 5.23. The van der Waals surface area contributed by atoms with Crippen molar-refractivity contribution < 1.29 is 15.1 Å². The molecule has 0 amide bonds. The Morgan fingerprint density at radius 2 is 2.12 bits per heavy atom. The van der Waals surface area contributed by atoms with Gasteiger partial charge >= 0.3 is 0 Å². The first kappa shape index (κ1) is 13.6. The van der Waals surface area contributed by atoms with Crippen molar-refractivity contribution in [1.82, 2.24) is 5.32 Å². The first-order valence-corrected chi connectivity index (χ1v) is 5.23. The van der Waals surface area contributed by atoms with Gasteiger partial charge in [-0.3, -0.25) is 10.1 Å². The smallest absolute Gasteiger partial charge is 0.272 e. The SMILES string of the molecule is CNCC(O)C(O)c1cccc([N+](=O)[O-])c1C. The monoisotopic (exact) mass is 240 g/mol. The minimum Gasteiger partial charge on any atom is -0.389 e. The van der Waals surface area contributed by atoms with Gasteiger partial charge in [0.05, 0.1) is 11.0 Å². The van der Waals surface area contributed by atoms with E-state index in [4.69, 9.17) is 0 Å². The van der Waals surface area contributed by atoms with E-state index in [-0.39, 0.29) is 12.2 Å². The molecule has 1 aromatic rings. The average molecular weight is 240 g/mol. The Kier molecular flexibility index (Phi) is 4.56. The lowest BCUT2D eigenvalue weighted by Crippen LogP contribution is -2.30. The van der Waals surface area contributed by atoms with Gasteiger partial charge in [-0.05, 0) is 19.5 Å². The summed E-state index contributed by atoms with van der Waals surface area (Å²) in [6, 6.07) is 4.44. The lowest BCUT2D eigenvalue weighted by atomic mass is 9.98.